The number of carbonyl (C=O) groups excluding carboxylic acids is 3. The van der Waals surface area contributed by atoms with Gasteiger partial charge in [0, 0.05) is 49.7 Å². The Morgan fingerprint density at radius 3 is 2.35 bits per heavy atom. The number of anilines is 3. The first-order valence-corrected chi connectivity index (χ1v) is 16.4. The van der Waals surface area contributed by atoms with Gasteiger partial charge in [0.1, 0.15) is 0 Å². The van der Waals surface area contributed by atoms with Crippen molar-refractivity contribution in [2.75, 3.05) is 61.6 Å². The molecule has 3 aromatic carbocycles. The number of methoxy groups -OCH3 is 1. The number of fused-ring (bicyclic) bond motifs is 1. The minimum absolute atomic E-state index is 0.0344. The number of hydrogen-bond acceptors (Lipinski definition) is 9. The molecule has 2 amide bonds. The Hall–Kier alpha value is -4.56. The van der Waals surface area contributed by atoms with Crippen molar-refractivity contribution in [3.05, 3.63) is 89.5 Å². The molecular weight excluding hydrogens is 610 g/mol. The van der Waals surface area contributed by atoms with Gasteiger partial charge < -0.3 is 25.6 Å². The Morgan fingerprint density at radius 2 is 1.74 bits per heavy atom. The maximum atomic E-state index is 13.2. The van der Waals surface area contributed by atoms with Gasteiger partial charge in [0.2, 0.25) is 5.91 Å². The molecule has 2 aliphatic heterocycles. The summed E-state index contributed by atoms with van der Waals surface area (Å²) in [6.07, 6.45) is 0. The molecule has 0 radical (unpaired) electrons. The van der Waals surface area contributed by atoms with Crippen molar-refractivity contribution in [2.24, 2.45) is 0 Å². The van der Waals surface area contributed by atoms with E-state index >= 15 is 0 Å². The zero-order valence-corrected chi connectivity index (χ0v) is 27.1. The SMILES string of the molecule is CCS(=O)(=O)O.COC(=O)c1ccc2c(c1)NC(=O)C2=C(Nc1ccc(N(C)C(=O)CN2CCNCC2C)cc1)c1ccccc1. The quantitative estimate of drug-likeness (QED) is 0.162. The van der Waals surface area contributed by atoms with Crippen LogP contribution < -0.4 is 20.9 Å². The van der Waals surface area contributed by atoms with E-state index in [0.717, 1.165) is 36.6 Å². The molecule has 1 atom stereocenters. The maximum absolute atomic E-state index is 13.2. The Labute approximate surface area is 269 Å². The lowest BCUT2D eigenvalue weighted by Gasteiger charge is -2.34. The van der Waals surface area contributed by atoms with E-state index in [0.29, 0.717) is 40.7 Å². The van der Waals surface area contributed by atoms with Crippen LogP contribution in [0, 0.1) is 0 Å². The first kappa shape index (κ1) is 34.3. The lowest BCUT2D eigenvalue weighted by atomic mass is 9.99. The fourth-order valence-electron chi connectivity index (χ4n) is 5.00. The molecule has 13 heteroatoms. The Morgan fingerprint density at radius 1 is 1.07 bits per heavy atom. The fourth-order valence-corrected chi connectivity index (χ4v) is 5.00. The molecule has 0 aliphatic carbocycles. The van der Waals surface area contributed by atoms with Crippen molar-refractivity contribution in [3.63, 3.8) is 0 Å². The van der Waals surface area contributed by atoms with Crippen LogP contribution in [0.25, 0.3) is 11.3 Å². The van der Waals surface area contributed by atoms with Crippen molar-refractivity contribution in [2.45, 2.75) is 19.9 Å². The molecule has 46 heavy (non-hydrogen) atoms. The highest BCUT2D eigenvalue weighted by Crippen LogP contribution is 2.38. The minimum Gasteiger partial charge on any atom is -0.465 e. The number of rotatable bonds is 8. The number of ether oxygens (including phenoxy) is 1. The fraction of sp³-hybridized carbons (Fsp3) is 0.303. The molecule has 1 fully saturated rings. The molecule has 0 aromatic heterocycles. The largest absolute Gasteiger partial charge is 0.465 e. The van der Waals surface area contributed by atoms with Gasteiger partial charge >= 0.3 is 5.97 Å². The van der Waals surface area contributed by atoms with Gasteiger partial charge in [-0.2, -0.15) is 8.42 Å². The predicted octanol–water partition coefficient (Wildman–Crippen LogP) is 3.56. The van der Waals surface area contributed by atoms with E-state index in [2.05, 4.69) is 27.8 Å². The van der Waals surface area contributed by atoms with E-state index in [9.17, 15) is 22.8 Å². The summed E-state index contributed by atoms with van der Waals surface area (Å²) in [5.74, 6) is -0.908. The van der Waals surface area contributed by atoms with Crippen LogP contribution in [0.3, 0.4) is 0 Å². The van der Waals surface area contributed by atoms with Crippen LogP contribution >= 0.6 is 0 Å². The van der Waals surface area contributed by atoms with E-state index < -0.39 is 16.1 Å². The smallest absolute Gasteiger partial charge is 0.337 e. The van der Waals surface area contributed by atoms with E-state index in [1.54, 1.807) is 30.1 Å². The molecule has 1 saturated heterocycles. The number of nitrogens with one attached hydrogen (secondary N) is 3. The number of esters is 1. The maximum Gasteiger partial charge on any atom is 0.337 e. The average Bonchev–Trinajstić information content (AvgIpc) is 3.39. The summed E-state index contributed by atoms with van der Waals surface area (Å²) in [6, 6.07) is 22.5. The summed E-state index contributed by atoms with van der Waals surface area (Å²) in [7, 11) is -0.551. The number of amides is 2. The lowest BCUT2D eigenvalue weighted by Crippen LogP contribution is -2.52. The second kappa shape index (κ2) is 15.1. The van der Waals surface area contributed by atoms with Crippen LogP contribution in [-0.2, 0) is 24.4 Å². The number of carbonyl (C=O) groups is 3. The zero-order valence-electron chi connectivity index (χ0n) is 26.2. The standard InChI is InChI=1S/C31H33N5O4.C2H6O3S/c1-20-18-32-15-16-36(20)19-27(37)35(2)24-12-10-23(11-13-24)33-29(21-7-5-4-6-8-21)28-25-14-9-22(31(39)40-3)17-26(25)34-30(28)38;1-2-6(3,4)5/h4-14,17,20,32-33H,15-16,18-19H2,1-3H3,(H,34,38);2H2,1H3,(H,3,4,5). The summed E-state index contributed by atoms with van der Waals surface area (Å²) >= 11 is 0. The summed E-state index contributed by atoms with van der Waals surface area (Å²) < 4.78 is 31.7. The number of benzene rings is 3. The minimum atomic E-state index is -3.66. The lowest BCUT2D eigenvalue weighted by molar-refractivity contribution is -0.120. The van der Waals surface area contributed by atoms with Gasteiger partial charge in [-0.15, -0.1) is 0 Å². The second-order valence-corrected chi connectivity index (χ2v) is 12.6. The van der Waals surface area contributed by atoms with Gasteiger partial charge in [-0.1, -0.05) is 36.4 Å². The second-order valence-electron chi connectivity index (χ2n) is 10.8. The molecule has 0 saturated carbocycles. The van der Waals surface area contributed by atoms with Crippen molar-refractivity contribution in [1.82, 2.24) is 10.2 Å². The van der Waals surface area contributed by atoms with Crippen LogP contribution in [0.2, 0.25) is 0 Å². The molecule has 12 nitrogen and oxygen atoms in total. The van der Waals surface area contributed by atoms with Gasteiger partial charge in [0.15, 0.2) is 0 Å². The molecule has 244 valence electrons. The summed E-state index contributed by atoms with van der Waals surface area (Å²) in [5, 5.41) is 9.66. The summed E-state index contributed by atoms with van der Waals surface area (Å²) in [5.41, 5.74) is 5.08. The monoisotopic (exact) mass is 649 g/mol. The number of likely N-dealkylation sites (N-methyl/N-ethyl adjacent to an activating group) is 1. The van der Waals surface area contributed by atoms with Crippen molar-refractivity contribution < 1.29 is 32.1 Å². The van der Waals surface area contributed by atoms with Gasteiger partial charge in [0.25, 0.3) is 16.0 Å². The third kappa shape index (κ3) is 8.57. The van der Waals surface area contributed by atoms with Crippen molar-refractivity contribution in [1.29, 1.82) is 0 Å². The molecule has 2 heterocycles. The summed E-state index contributed by atoms with van der Waals surface area (Å²) in [4.78, 5) is 42.1. The Bertz CT molecular complexity index is 1710. The van der Waals surface area contributed by atoms with Crippen LogP contribution in [0.5, 0.6) is 0 Å². The molecule has 4 N–H and O–H groups in total. The number of hydrogen-bond donors (Lipinski definition) is 4. The van der Waals surface area contributed by atoms with E-state index in [4.69, 9.17) is 9.29 Å². The normalized spacial score (nSPS) is 17.2. The van der Waals surface area contributed by atoms with Crippen molar-refractivity contribution >= 4 is 56.2 Å². The average molecular weight is 650 g/mol. The van der Waals surface area contributed by atoms with Gasteiger partial charge in [-0.25, -0.2) is 4.79 Å². The topological polar surface area (TPSA) is 157 Å². The van der Waals surface area contributed by atoms with E-state index in [1.807, 2.05) is 54.6 Å². The Kier molecular flexibility index (Phi) is 11.3. The number of piperazine rings is 1. The summed E-state index contributed by atoms with van der Waals surface area (Å²) in [6.45, 7) is 6.48. The van der Waals surface area contributed by atoms with E-state index in [-0.39, 0.29) is 17.6 Å². The molecule has 1 unspecified atom stereocenters. The van der Waals surface area contributed by atoms with Crippen LogP contribution in [0.4, 0.5) is 17.1 Å². The van der Waals surface area contributed by atoms with Crippen LogP contribution in [-0.4, -0.2) is 87.8 Å². The molecule has 3 aromatic rings. The highest BCUT2D eigenvalue weighted by atomic mass is 32.2. The van der Waals surface area contributed by atoms with Gasteiger partial charge in [-0.3, -0.25) is 19.0 Å². The third-order valence-corrected chi connectivity index (χ3v) is 8.47. The van der Waals surface area contributed by atoms with Crippen molar-refractivity contribution in [3.8, 4) is 0 Å². The molecule has 2 aliphatic rings. The highest BCUT2D eigenvalue weighted by Gasteiger charge is 2.29. The van der Waals surface area contributed by atoms with Gasteiger partial charge in [-0.05, 0) is 55.8 Å². The third-order valence-electron chi connectivity index (χ3n) is 7.74. The number of nitrogens with zero attached hydrogens (tertiary/aromatic N) is 2. The highest BCUT2D eigenvalue weighted by molar-refractivity contribution is 7.85. The molecule has 0 spiro atoms. The first-order valence-electron chi connectivity index (χ1n) is 14.8. The van der Waals surface area contributed by atoms with Gasteiger partial charge in [0.05, 0.1) is 41.9 Å². The molecule has 5 rings (SSSR count). The van der Waals surface area contributed by atoms with E-state index in [1.165, 1.54) is 14.0 Å². The van der Waals surface area contributed by atoms with Crippen LogP contribution in [0.1, 0.15) is 35.3 Å². The molecular formula is C33H39N5O7S. The zero-order chi connectivity index (χ0) is 33.4. The molecule has 0 bridgehead atoms. The Balaban J connectivity index is 0.000000731. The van der Waals surface area contributed by atoms with Crippen LogP contribution in [0.15, 0.2) is 72.8 Å². The predicted molar refractivity (Wildman–Crippen MR) is 179 cm³/mol. The first-order chi connectivity index (χ1) is 21.9.